The van der Waals surface area contributed by atoms with Crippen LogP contribution in [0.5, 0.6) is 0 Å². The lowest BCUT2D eigenvalue weighted by Crippen LogP contribution is -2.17. The van der Waals surface area contributed by atoms with Gasteiger partial charge in [0.2, 0.25) is 0 Å². The van der Waals surface area contributed by atoms with Gasteiger partial charge in [-0.1, -0.05) is 30.7 Å². The second-order valence-electron chi connectivity index (χ2n) is 4.44. The Balaban J connectivity index is 2.62. The van der Waals surface area contributed by atoms with E-state index in [0.717, 1.165) is 12.3 Å². The van der Waals surface area contributed by atoms with Crippen molar-refractivity contribution in [3.05, 3.63) is 41.5 Å². The SMILES string of the molecule is CCNC(C)c1cccc(SCC=C(C)C)c1. The van der Waals surface area contributed by atoms with Gasteiger partial charge in [-0.2, -0.15) is 0 Å². The van der Waals surface area contributed by atoms with Gasteiger partial charge in [-0.15, -0.1) is 11.8 Å². The first-order valence-corrected chi connectivity index (χ1v) is 7.21. The predicted octanol–water partition coefficient (Wildman–Crippen LogP) is 4.42. The third-order valence-corrected chi connectivity index (χ3v) is 3.53. The number of thioether (sulfide) groups is 1. The highest BCUT2D eigenvalue weighted by Crippen LogP contribution is 2.22. The molecule has 1 unspecified atom stereocenters. The highest BCUT2D eigenvalue weighted by molar-refractivity contribution is 7.99. The fourth-order valence-electron chi connectivity index (χ4n) is 1.60. The Hall–Kier alpha value is -0.730. The number of rotatable bonds is 6. The van der Waals surface area contributed by atoms with Gasteiger partial charge in [0.15, 0.2) is 0 Å². The Morgan fingerprint density at radius 3 is 2.82 bits per heavy atom. The monoisotopic (exact) mass is 249 g/mol. The zero-order valence-electron chi connectivity index (χ0n) is 11.3. The molecule has 1 aromatic rings. The van der Waals surface area contributed by atoms with Crippen molar-refractivity contribution in [2.75, 3.05) is 12.3 Å². The van der Waals surface area contributed by atoms with E-state index in [4.69, 9.17) is 0 Å². The molecular weight excluding hydrogens is 226 g/mol. The topological polar surface area (TPSA) is 12.0 Å². The molecule has 1 aromatic carbocycles. The number of hydrogen-bond donors (Lipinski definition) is 1. The van der Waals surface area contributed by atoms with Crippen LogP contribution in [0, 0.1) is 0 Å². The predicted molar refractivity (Wildman–Crippen MR) is 78.7 cm³/mol. The highest BCUT2D eigenvalue weighted by Gasteiger charge is 2.03. The second-order valence-corrected chi connectivity index (χ2v) is 5.54. The maximum absolute atomic E-state index is 3.44. The molecule has 0 amide bonds. The van der Waals surface area contributed by atoms with E-state index in [1.54, 1.807) is 0 Å². The van der Waals surface area contributed by atoms with Gasteiger partial charge in [0.25, 0.3) is 0 Å². The molecule has 1 rings (SSSR count). The van der Waals surface area contributed by atoms with Gasteiger partial charge in [0.05, 0.1) is 0 Å². The summed E-state index contributed by atoms with van der Waals surface area (Å²) in [5.74, 6) is 1.06. The van der Waals surface area contributed by atoms with Crippen LogP contribution in [-0.2, 0) is 0 Å². The summed E-state index contributed by atoms with van der Waals surface area (Å²) < 4.78 is 0. The summed E-state index contributed by atoms with van der Waals surface area (Å²) >= 11 is 1.89. The van der Waals surface area contributed by atoms with Crippen molar-refractivity contribution in [3.8, 4) is 0 Å². The first-order valence-electron chi connectivity index (χ1n) is 6.23. The summed E-state index contributed by atoms with van der Waals surface area (Å²) in [5.41, 5.74) is 2.75. The van der Waals surface area contributed by atoms with Crippen LogP contribution >= 0.6 is 11.8 Å². The zero-order chi connectivity index (χ0) is 12.7. The van der Waals surface area contributed by atoms with E-state index in [1.165, 1.54) is 16.0 Å². The average molecular weight is 249 g/mol. The minimum atomic E-state index is 0.434. The van der Waals surface area contributed by atoms with Crippen LogP contribution in [0.2, 0.25) is 0 Å². The molecule has 1 nitrogen and oxygen atoms in total. The summed E-state index contributed by atoms with van der Waals surface area (Å²) in [6.07, 6.45) is 2.27. The Kier molecular flexibility index (Phi) is 6.38. The van der Waals surface area contributed by atoms with Crippen LogP contribution < -0.4 is 5.32 Å². The summed E-state index contributed by atoms with van der Waals surface area (Å²) in [6.45, 7) is 9.65. The van der Waals surface area contributed by atoms with Crippen molar-refractivity contribution in [1.82, 2.24) is 5.32 Å². The molecule has 0 heterocycles. The fraction of sp³-hybridized carbons (Fsp3) is 0.467. The number of benzene rings is 1. The van der Waals surface area contributed by atoms with Gasteiger partial charge in [0.1, 0.15) is 0 Å². The standard InChI is InChI=1S/C15H23NS/c1-5-16-13(4)14-7-6-8-15(11-14)17-10-9-12(2)3/h6-9,11,13,16H,5,10H2,1-4H3. The molecule has 0 saturated heterocycles. The van der Waals surface area contributed by atoms with Crippen molar-refractivity contribution in [2.45, 2.75) is 38.6 Å². The van der Waals surface area contributed by atoms with Crippen LogP contribution in [-0.4, -0.2) is 12.3 Å². The van der Waals surface area contributed by atoms with E-state index in [1.807, 2.05) is 11.8 Å². The maximum Gasteiger partial charge on any atom is 0.0292 e. The van der Waals surface area contributed by atoms with Gasteiger partial charge in [-0.25, -0.2) is 0 Å². The first kappa shape index (κ1) is 14.3. The Morgan fingerprint density at radius 1 is 1.41 bits per heavy atom. The van der Waals surface area contributed by atoms with Crippen LogP contribution in [0.1, 0.15) is 39.3 Å². The number of allylic oxidation sites excluding steroid dienone is 1. The molecule has 0 aliphatic heterocycles. The molecule has 94 valence electrons. The lowest BCUT2D eigenvalue weighted by molar-refractivity contribution is 0.597. The molecular formula is C15H23NS. The van der Waals surface area contributed by atoms with E-state index >= 15 is 0 Å². The van der Waals surface area contributed by atoms with Gasteiger partial charge in [-0.3, -0.25) is 0 Å². The fourth-order valence-corrected chi connectivity index (χ4v) is 2.61. The average Bonchev–Trinajstić information content (AvgIpc) is 2.29. The van der Waals surface area contributed by atoms with Crippen molar-refractivity contribution in [3.63, 3.8) is 0 Å². The number of hydrogen-bond acceptors (Lipinski definition) is 2. The normalized spacial score (nSPS) is 12.2. The highest BCUT2D eigenvalue weighted by atomic mass is 32.2. The van der Waals surface area contributed by atoms with E-state index < -0.39 is 0 Å². The molecule has 1 N–H and O–H groups in total. The van der Waals surface area contributed by atoms with E-state index in [2.05, 4.69) is 63.4 Å². The Bertz CT molecular complexity index is 367. The van der Waals surface area contributed by atoms with Gasteiger partial charge in [0, 0.05) is 16.7 Å². The summed E-state index contributed by atoms with van der Waals surface area (Å²) in [5, 5.41) is 3.44. The van der Waals surface area contributed by atoms with Crippen LogP contribution in [0.3, 0.4) is 0 Å². The van der Waals surface area contributed by atoms with Crippen molar-refractivity contribution in [1.29, 1.82) is 0 Å². The maximum atomic E-state index is 3.44. The quantitative estimate of drug-likeness (QED) is 0.592. The Labute approximate surface area is 110 Å². The van der Waals surface area contributed by atoms with Gasteiger partial charge < -0.3 is 5.32 Å². The molecule has 0 bridgehead atoms. The van der Waals surface area contributed by atoms with Crippen molar-refractivity contribution >= 4 is 11.8 Å². The van der Waals surface area contributed by atoms with Gasteiger partial charge in [-0.05, 0) is 45.0 Å². The lowest BCUT2D eigenvalue weighted by Gasteiger charge is -2.13. The first-order chi connectivity index (χ1) is 8.13. The number of nitrogens with one attached hydrogen (secondary N) is 1. The van der Waals surface area contributed by atoms with Crippen LogP contribution in [0.15, 0.2) is 40.8 Å². The van der Waals surface area contributed by atoms with Crippen molar-refractivity contribution in [2.24, 2.45) is 0 Å². The van der Waals surface area contributed by atoms with Crippen molar-refractivity contribution < 1.29 is 0 Å². The van der Waals surface area contributed by atoms with E-state index in [9.17, 15) is 0 Å². The molecule has 0 fully saturated rings. The summed E-state index contributed by atoms with van der Waals surface area (Å²) in [7, 11) is 0. The summed E-state index contributed by atoms with van der Waals surface area (Å²) in [6, 6.07) is 9.25. The molecule has 0 aliphatic carbocycles. The largest absolute Gasteiger partial charge is 0.310 e. The van der Waals surface area contributed by atoms with Gasteiger partial charge >= 0.3 is 0 Å². The lowest BCUT2D eigenvalue weighted by atomic mass is 10.1. The molecule has 2 heteroatoms. The molecule has 17 heavy (non-hydrogen) atoms. The Morgan fingerprint density at radius 2 is 2.18 bits per heavy atom. The zero-order valence-corrected chi connectivity index (χ0v) is 12.1. The minimum absolute atomic E-state index is 0.434. The molecule has 0 saturated carbocycles. The summed E-state index contributed by atoms with van der Waals surface area (Å²) in [4.78, 5) is 1.35. The molecule has 0 aliphatic rings. The van der Waals surface area contributed by atoms with Crippen LogP contribution in [0.4, 0.5) is 0 Å². The second kappa shape index (κ2) is 7.57. The van der Waals surface area contributed by atoms with E-state index in [0.29, 0.717) is 6.04 Å². The molecule has 0 radical (unpaired) electrons. The smallest absolute Gasteiger partial charge is 0.0292 e. The van der Waals surface area contributed by atoms with E-state index in [-0.39, 0.29) is 0 Å². The van der Waals surface area contributed by atoms with Crippen LogP contribution in [0.25, 0.3) is 0 Å². The molecule has 0 aromatic heterocycles. The minimum Gasteiger partial charge on any atom is -0.310 e. The molecule has 1 atom stereocenters. The third-order valence-electron chi connectivity index (χ3n) is 2.61. The molecule has 0 spiro atoms. The third kappa shape index (κ3) is 5.42.